The van der Waals surface area contributed by atoms with Crippen molar-refractivity contribution in [2.75, 3.05) is 11.9 Å². The predicted molar refractivity (Wildman–Crippen MR) is 96.0 cm³/mol. The zero-order valence-corrected chi connectivity index (χ0v) is 13.5. The predicted octanol–water partition coefficient (Wildman–Crippen LogP) is 3.54. The highest BCUT2D eigenvalue weighted by atomic mass is 16.6. The van der Waals surface area contributed by atoms with Crippen LogP contribution in [0.5, 0.6) is 0 Å². The van der Waals surface area contributed by atoms with E-state index in [4.69, 9.17) is 4.74 Å². The first kappa shape index (κ1) is 17.1. The van der Waals surface area contributed by atoms with Gasteiger partial charge in [0.25, 0.3) is 11.6 Å². The minimum absolute atomic E-state index is 0.0780. The normalized spacial score (nSPS) is 10.3. The first-order chi connectivity index (χ1) is 12.5. The molecule has 0 spiro atoms. The van der Waals surface area contributed by atoms with E-state index in [0.29, 0.717) is 11.3 Å². The Morgan fingerprint density at radius 2 is 1.65 bits per heavy atom. The summed E-state index contributed by atoms with van der Waals surface area (Å²) in [6.07, 6.45) is 0. The average molecular weight is 350 g/mol. The number of fused-ring (bicyclic) bond motifs is 1. The molecule has 0 aromatic heterocycles. The first-order valence-corrected chi connectivity index (χ1v) is 7.73. The van der Waals surface area contributed by atoms with Crippen molar-refractivity contribution in [1.29, 1.82) is 0 Å². The number of hydrogen-bond acceptors (Lipinski definition) is 5. The van der Waals surface area contributed by atoms with E-state index >= 15 is 0 Å². The van der Waals surface area contributed by atoms with Gasteiger partial charge in [-0.1, -0.05) is 30.3 Å². The summed E-state index contributed by atoms with van der Waals surface area (Å²) in [5, 5.41) is 15.0. The molecule has 0 heterocycles. The molecule has 0 atom stereocenters. The molecule has 1 amide bonds. The lowest BCUT2D eigenvalue weighted by Crippen LogP contribution is -2.20. The number of non-ortho nitro benzene ring substituents is 1. The molecule has 0 radical (unpaired) electrons. The molecule has 0 fully saturated rings. The lowest BCUT2D eigenvalue weighted by atomic mass is 10.1. The average Bonchev–Trinajstić information content (AvgIpc) is 2.66. The summed E-state index contributed by atoms with van der Waals surface area (Å²) < 4.78 is 5.01. The number of amides is 1. The number of ether oxygens (including phenoxy) is 1. The number of hydrogen-bond donors (Lipinski definition) is 1. The van der Waals surface area contributed by atoms with Crippen LogP contribution in [0.4, 0.5) is 11.4 Å². The molecular formula is C19H14N2O5. The van der Waals surface area contributed by atoms with E-state index in [1.807, 2.05) is 30.3 Å². The summed E-state index contributed by atoms with van der Waals surface area (Å²) in [5.41, 5.74) is 0.653. The van der Waals surface area contributed by atoms with E-state index in [-0.39, 0.29) is 5.69 Å². The van der Waals surface area contributed by atoms with Crippen molar-refractivity contribution < 1.29 is 19.2 Å². The second-order valence-electron chi connectivity index (χ2n) is 5.49. The Hall–Kier alpha value is -3.74. The van der Waals surface area contributed by atoms with E-state index in [0.717, 1.165) is 10.8 Å². The lowest BCUT2D eigenvalue weighted by molar-refractivity contribution is -0.384. The number of rotatable bonds is 5. The molecule has 3 rings (SSSR count). The highest BCUT2D eigenvalue weighted by Gasteiger charge is 2.12. The summed E-state index contributed by atoms with van der Waals surface area (Å²) in [5.74, 6) is -1.14. The zero-order chi connectivity index (χ0) is 18.5. The Kier molecular flexibility index (Phi) is 4.89. The molecule has 3 aromatic rings. The van der Waals surface area contributed by atoms with Gasteiger partial charge in [0, 0.05) is 17.8 Å². The molecule has 0 aliphatic carbocycles. The van der Waals surface area contributed by atoms with Crippen molar-refractivity contribution in [3.63, 3.8) is 0 Å². The van der Waals surface area contributed by atoms with Crippen LogP contribution in [0.15, 0.2) is 66.7 Å². The summed E-state index contributed by atoms with van der Waals surface area (Å²) in [6, 6.07) is 18.1. The van der Waals surface area contributed by atoms with Crippen LogP contribution >= 0.6 is 0 Å². The monoisotopic (exact) mass is 350 g/mol. The maximum Gasteiger partial charge on any atom is 0.338 e. The molecule has 0 saturated carbocycles. The molecule has 0 unspecified atom stereocenters. The topological polar surface area (TPSA) is 98.5 Å². The van der Waals surface area contributed by atoms with Gasteiger partial charge in [-0.15, -0.1) is 0 Å². The smallest absolute Gasteiger partial charge is 0.338 e. The molecule has 0 aliphatic heterocycles. The summed E-state index contributed by atoms with van der Waals surface area (Å²) in [7, 11) is 0. The SMILES string of the molecule is O=C(COC(=O)c1ccc2ccccc2c1)Nc1ccc([N+](=O)[O-])cc1. The van der Waals surface area contributed by atoms with Gasteiger partial charge < -0.3 is 10.1 Å². The molecule has 1 N–H and O–H groups in total. The zero-order valence-electron chi connectivity index (χ0n) is 13.5. The quantitative estimate of drug-likeness (QED) is 0.431. The van der Waals surface area contributed by atoms with Crippen LogP contribution in [0.25, 0.3) is 10.8 Å². The van der Waals surface area contributed by atoms with Gasteiger partial charge in [0.15, 0.2) is 6.61 Å². The van der Waals surface area contributed by atoms with Gasteiger partial charge in [-0.05, 0) is 35.0 Å². The standard InChI is InChI=1S/C19H14N2O5/c22-18(20-16-7-9-17(10-8-16)21(24)25)12-26-19(23)15-6-5-13-3-1-2-4-14(13)11-15/h1-11H,12H2,(H,20,22). The summed E-state index contributed by atoms with van der Waals surface area (Å²) in [4.78, 5) is 34.0. The molecule has 130 valence electrons. The number of nitro groups is 1. The van der Waals surface area contributed by atoms with Crippen molar-refractivity contribution in [3.05, 3.63) is 82.4 Å². The molecule has 3 aromatic carbocycles. The van der Waals surface area contributed by atoms with Gasteiger partial charge in [-0.3, -0.25) is 14.9 Å². The fourth-order valence-electron chi connectivity index (χ4n) is 2.39. The second-order valence-corrected chi connectivity index (χ2v) is 5.49. The largest absolute Gasteiger partial charge is 0.452 e. The highest BCUT2D eigenvalue weighted by molar-refractivity contribution is 5.98. The van der Waals surface area contributed by atoms with Crippen LogP contribution in [-0.2, 0) is 9.53 Å². The Morgan fingerprint density at radius 3 is 2.35 bits per heavy atom. The van der Waals surface area contributed by atoms with Crippen LogP contribution in [0.2, 0.25) is 0 Å². The van der Waals surface area contributed by atoms with Crippen LogP contribution in [0.1, 0.15) is 10.4 Å². The minimum atomic E-state index is -0.602. The highest BCUT2D eigenvalue weighted by Crippen LogP contribution is 2.17. The van der Waals surface area contributed by atoms with E-state index in [2.05, 4.69) is 5.32 Å². The number of carbonyl (C=O) groups is 2. The van der Waals surface area contributed by atoms with Crippen LogP contribution < -0.4 is 5.32 Å². The van der Waals surface area contributed by atoms with Gasteiger partial charge in [-0.2, -0.15) is 0 Å². The van der Waals surface area contributed by atoms with Crippen LogP contribution in [0, 0.1) is 10.1 Å². The number of esters is 1. The van der Waals surface area contributed by atoms with Gasteiger partial charge >= 0.3 is 5.97 Å². The molecule has 0 saturated heterocycles. The molecule has 26 heavy (non-hydrogen) atoms. The van der Waals surface area contributed by atoms with Crippen molar-refractivity contribution in [3.8, 4) is 0 Å². The Bertz CT molecular complexity index is 983. The van der Waals surface area contributed by atoms with Crippen molar-refractivity contribution in [2.45, 2.75) is 0 Å². The fourth-order valence-corrected chi connectivity index (χ4v) is 2.39. The number of nitro benzene ring substituents is 1. The third kappa shape index (κ3) is 4.02. The third-order valence-corrected chi connectivity index (χ3v) is 3.68. The number of nitrogens with one attached hydrogen (secondary N) is 1. The van der Waals surface area contributed by atoms with E-state index < -0.39 is 23.4 Å². The van der Waals surface area contributed by atoms with Gasteiger partial charge in [0.1, 0.15) is 0 Å². The molecular weight excluding hydrogens is 336 g/mol. The van der Waals surface area contributed by atoms with Gasteiger partial charge in [0.05, 0.1) is 10.5 Å². The Balaban J connectivity index is 1.57. The van der Waals surface area contributed by atoms with E-state index in [9.17, 15) is 19.7 Å². The number of anilines is 1. The summed E-state index contributed by atoms with van der Waals surface area (Å²) >= 11 is 0. The minimum Gasteiger partial charge on any atom is -0.452 e. The number of nitrogens with zero attached hydrogens (tertiary/aromatic N) is 1. The van der Waals surface area contributed by atoms with E-state index in [1.165, 1.54) is 24.3 Å². The number of benzene rings is 3. The second kappa shape index (κ2) is 7.43. The molecule has 0 bridgehead atoms. The fraction of sp³-hybridized carbons (Fsp3) is 0.0526. The van der Waals surface area contributed by atoms with E-state index in [1.54, 1.807) is 12.1 Å². The van der Waals surface area contributed by atoms with Crippen molar-refractivity contribution >= 4 is 34.0 Å². The Morgan fingerprint density at radius 1 is 0.962 bits per heavy atom. The van der Waals surface area contributed by atoms with Crippen LogP contribution in [-0.4, -0.2) is 23.4 Å². The maximum absolute atomic E-state index is 12.1. The molecule has 7 nitrogen and oxygen atoms in total. The third-order valence-electron chi connectivity index (χ3n) is 3.68. The van der Waals surface area contributed by atoms with Gasteiger partial charge in [0.2, 0.25) is 0 Å². The van der Waals surface area contributed by atoms with Crippen molar-refractivity contribution in [2.24, 2.45) is 0 Å². The Labute approximate surface area is 148 Å². The number of carbonyl (C=O) groups excluding carboxylic acids is 2. The lowest BCUT2D eigenvalue weighted by Gasteiger charge is -2.07. The van der Waals surface area contributed by atoms with Crippen LogP contribution in [0.3, 0.4) is 0 Å². The molecule has 7 heteroatoms. The van der Waals surface area contributed by atoms with Gasteiger partial charge in [-0.25, -0.2) is 4.79 Å². The maximum atomic E-state index is 12.1. The molecule has 0 aliphatic rings. The summed E-state index contributed by atoms with van der Waals surface area (Å²) in [6.45, 7) is -0.456. The van der Waals surface area contributed by atoms with Crippen molar-refractivity contribution in [1.82, 2.24) is 0 Å². The first-order valence-electron chi connectivity index (χ1n) is 7.73.